The van der Waals surface area contributed by atoms with E-state index >= 15 is 0 Å². The van der Waals surface area contributed by atoms with Gasteiger partial charge in [0.15, 0.2) is 6.29 Å². The highest BCUT2D eigenvalue weighted by Crippen LogP contribution is 2.24. The molecule has 1 N–H and O–H groups in total. The van der Waals surface area contributed by atoms with Gasteiger partial charge in [-0.15, -0.1) is 0 Å². The molecule has 0 aromatic heterocycles. The first-order valence-corrected chi connectivity index (χ1v) is 5.73. The molecule has 0 heterocycles. The molecule has 1 rings (SSSR count). The number of anilines is 1. The van der Waals surface area contributed by atoms with Gasteiger partial charge >= 0.3 is 0 Å². The predicted octanol–water partition coefficient (Wildman–Crippen LogP) is 1.62. The number of nitro benzene ring substituents is 1. The molecule has 98 valence electrons. The molecule has 0 aliphatic heterocycles. The van der Waals surface area contributed by atoms with E-state index in [1.165, 1.54) is 12.1 Å². The van der Waals surface area contributed by atoms with Crippen LogP contribution in [-0.4, -0.2) is 36.0 Å². The zero-order valence-electron chi connectivity index (χ0n) is 10.2. The average molecular weight is 252 g/mol. The fourth-order valence-electron chi connectivity index (χ4n) is 1.75. The molecule has 6 heteroatoms. The molecule has 1 aromatic carbocycles. The summed E-state index contributed by atoms with van der Waals surface area (Å²) >= 11 is 0. The second kappa shape index (κ2) is 6.70. The number of nitrogens with zero attached hydrogens (tertiary/aromatic N) is 2. The van der Waals surface area contributed by atoms with E-state index < -0.39 is 4.92 Å². The van der Waals surface area contributed by atoms with Gasteiger partial charge in [0.25, 0.3) is 5.69 Å². The van der Waals surface area contributed by atoms with Crippen molar-refractivity contribution in [2.75, 3.05) is 24.6 Å². The first-order chi connectivity index (χ1) is 8.63. The number of benzene rings is 1. The molecule has 0 aliphatic rings. The van der Waals surface area contributed by atoms with Crippen molar-refractivity contribution in [3.8, 4) is 0 Å². The van der Waals surface area contributed by atoms with Crippen molar-refractivity contribution in [1.29, 1.82) is 0 Å². The summed E-state index contributed by atoms with van der Waals surface area (Å²) in [7, 11) is 0. The van der Waals surface area contributed by atoms with Gasteiger partial charge in [-0.25, -0.2) is 0 Å². The highest BCUT2D eigenvalue weighted by Gasteiger charge is 2.14. The molecule has 0 saturated heterocycles. The van der Waals surface area contributed by atoms with Crippen molar-refractivity contribution in [2.24, 2.45) is 0 Å². The molecule has 0 spiro atoms. The quantitative estimate of drug-likeness (QED) is 0.453. The summed E-state index contributed by atoms with van der Waals surface area (Å²) in [4.78, 5) is 23.0. The van der Waals surface area contributed by atoms with Gasteiger partial charge < -0.3 is 10.0 Å². The van der Waals surface area contributed by atoms with Crippen LogP contribution in [-0.2, 0) is 0 Å². The van der Waals surface area contributed by atoms with Crippen LogP contribution in [0, 0.1) is 10.1 Å². The number of nitro groups is 1. The molecule has 0 radical (unpaired) electrons. The van der Waals surface area contributed by atoms with Crippen LogP contribution in [0.3, 0.4) is 0 Å². The van der Waals surface area contributed by atoms with Gasteiger partial charge in [-0.05, 0) is 19.4 Å². The van der Waals surface area contributed by atoms with E-state index in [0.29, 0.717) is 37.0 Å². The molecule has 0 atom stereocenters. The molecule has 0 aliphatic carbocycles. The number of carbonyl (C=O) groups is 1. The molecular weight excluding hydrogens is 236 g/mol. The van der Waals surface area contributed by atoms with Crippen LogP contribution in [0.25, 0.3) is 0 Å². The lowest BCUT2D eigenvalue weighted by Gasteiger charge is -2.23. The Balaban J connectivity index is 3.06. The second-order valence-electron chi connectivity index (χ2n) is 3.77. The predicted molar refractivity (Wildman–Crippen MR) is 68.1 cm³/mol. The van der Waals surface area contributed by atoms with Crippen molar-refractivity contribution >= 4 is 17.7 Å². The summed E-state index contributed by atoms with van der Waals surface area (Å²) in [5.74, 6) is 0. The Hall–Kier alpha value is -1.95. The minimum absolute atomic E-state index is 0.0693. The summed E-state index contributed by atoms with van der Waals surface area (Å²) in [5, 5.41) is 19.5. The van der Waals surface area contributed by atoms with Crippen LogP contribution in [0.2, 0.25) is 0 Å². The van der Waals surface area contributed by atoms with E-state index in [0.717, 1.165) is 0 Å². The highest BCUT2D eigenvalue weighted by atomic mass is 16.6. The highest BCUT2D eigenvalue weighted by molar-refractivity contribution is 5.85. The van der Waals surface area contributed by atoms with Gasteiger partial charge in [-0.2, -0.15) is 0 Å². The number of carbonyl (C=O) groups excluding carboxylic acids is 1. The van der Waals surface area contributed by atoms with Crippen LogP contribution in [0.1, 0.15) is 23.7 Å². The summed E-state index contributed by atoms with van der Waals surface area (Å²) in [6.07, 6.45) is 1.20. The maximum absolute atomic E-state index is 11.0. The summed E-state index contributed by atoms with van der Waals surface area (Å²) < 4.78 is 0. The van der Waals surface area contributed by atoms with Gasteiger partial charge in [-0.3, -0.25) is 14.9 Å². The molecule has 0 fully saturated rings. The zero-order chi connectivity index (χ0) is 13.5. The van der Waals surface area contributed by atoms with E-state index in [9.17, 15) is 14.9 Å². The number of aldehydes is 1. The fourth-order valence-corrected chi connectivity index (χ4v) is 1.75. The topological polar surface area (TPSA) is 83.7 Å². The summed E-state index contributed by atoms with van der Waals surface area (Å²) in [6, 6.07) is 4.22. The van der Waals surface area contributed by atoms with Gasteiger partial charge in [0.05, 0.1) is 4.92 Å². The van der Waals surface area contributed by atoms with E-state index in [1.54, 1.807) is 6.07 Å². The third kappa shape index (κ3) is 3.27. The Morgan fingerprint density at radius 2 is 2.22 bits per heavy atom. The first-order valence-electron chi connectivity index (χ1n) is 5.73. The van der Waals surface area contributed by atoms with Crippen LogP contribution >= 0.6 is 0 Å². The molecule has 0 bridgehead atoms. The Labute approximate surface area is 105 Å². The SMILES string of the molecule is CCN(CCCO)c1ccc([N+](=O)[O-])cc1C=O. The first kappa shape index (κ1) is 14.1. The molecule has 0 saturated carbocycles. The van der Waals surface area contributed by atoms with Gasteiger partial charge in [0, 0.05) is 43.1 Å². The lowest BCUT2D eigenvalue weighted by atomic mass is 10.1. The number of hydrogen-bond donors (Lipinski definition) is 1. The average Bonchev–Trinajstić information content (AvgIpc) is 2.39. The third-order valence-corrected chi connectivity index (χ3v) is 2.66. The molecule has 0 amide bonds. The summed E-state index contributed by atoms with van der Waals surface area (Å²) in [6.45, 7) is 3.26. The van der Waals surface area contributed by atoms with E-state index in [-0.39, 0.29) is 12.3 Å². The standard InChI is InChI=1S/C12H16N2O4/c1-2-13(6-3-7-15)12-5-4-11(14(17)18)8-10(12)9-16/h4-5,8-9,15H,2-3,6-7H2,1H3. The van der Waals surface area contributed by atoms with Crippen molar-refractivity contribution in [2.45, 2.75) is 13.3 Å². The van der Waals surface area contributed by atoms with Crippen LogP contribution < -0.4 is 4.90 Å². The number of rotatable bonds is 7. The maximum atomic E-state index is 11.0. The van der Waals surface area contributed by atoms with Crippen molar-refractivity contribution in [3.05, 3.63) is 33.9 Å². The number of aliphatic hydroxyl groups excluding tert-OH is 1. The molecule has 0 unspecified atom stereocenters. The van der Waals surface area contributed by atoms with Crippen LogP contribution in [0.4, 0.5) is 11.4 Å². The second-order valence-corrected chi connectivity index (χ2v) is 3.77. The minimum Gasteiger partial charge on any atom is -0.396 e. The van der Waals surface area contributed by atoms with Crippen molar-refractivity contribution in [1.82, 2.24) is 0 Å². The lowest BCUT2D eigenvalue weighted by molar-refractivity contribution is -0.384. The Kier molecular flexibility index (Phi) is 5.26. The van der Waals surface area contributed by atoms with Gasteiger partial charge in [-0.1, -0.05) is 0 Å². The number of hydrogen-bond acceptors (Lipinski definition) is 5. The smallest absolute Gasteiger partial charge is 0.270 e. The Bertz CT molecular complexity index is 434. The Morgan fingerprint density at radius 3 is 2.72 bits per heavy atom. The Morgan fingerprint density at radius 1 is 1.50 bits per heavy atom. The van der Waals surface area contributed by atoms with Crippen molar-refractivity contribution < 1.29 is 14.8 Å². The lowest BCUT2D eigenvalue weighted by Crippen LogP contribution is -2.25. The molecular formula is C12H16N2O4. The van der Waals surface area contributed by atoms with Crippen molar-refractivity contribution in [3.63, 3.8) is 0 Å². The third-order valence-electron chi connectivity index (χ3n) is 2.66. The molecule has 6 nitrogen and oxygen atoms in total. The number of aliphatic hydroxyl groups is 1. The van der Waals surface area contributed by atoms with E-state index in [1.807, 2.05) is 11.8 Å². The number of non-ortho nitro benzene ring substituents is 1. The normalized spacial score (nSPS) is 10.1. The van der Waals surface area contributed by atoms with Crippen LogP contribution in [0.15, 0.2) is 18.2 Å². The van der Waals surface area contributed by atoms with Crippen LogP contribution in [0.5, 0.6) is 0 Å². The molecule has 18 heavy (non-hydrogen) atoms. The monoisotopic (exact) mass is 252 g/mol. The zero-order valence-corrected chi connectivity index (χ0v) is 10.2. The molecule has 1 aromatic rings. The largest absolute Gasteiger partial charge is 0.396 e. The maximum Gasteiger partial charge on any atom is 0.270 e. The van der Waals surface area contributed by atoms with E-state index in [4.69, 9.17) is 5.11 Å². The van der Waals surface area contributed by atoms with E-state index in [2.05, 4.69) is 0 Å². The fraction of sp³-hybridized carbons (Fsp3) is 0.417. The van der Waals surface area contributed by atoms with Gasteiger partial charge in [0.1, 0.15) is 0 Å². The summed E-state index contributed by atoms with van der Waals surface area (Å²) in [5.41, 5.74) is 0.856. The van der Waals surface area contributed by atoms with Gasteiger partial charge in [0.2, 0.25) is 0 Å². The minimum atomic E-state index is -0.527.